The fourth-order valence-corrected chi connectivity index (χ4v) is 2.07. The molecule has 0 saturated heterocycles. The summed E-state index contributed by atoms with van der Waals surface area (Å²) in [6.45, 7) is 2.16. The summed E-state index contributed by atoms with van der Waals surface area (Å²) in [5.74, 6) is 0.611. The predicted molar refractivity (Wildman–Crippen MR) is 75.8 cm³/mol. The molecule has 1 heterocycles. The highest BCUT2D eigenvalue weighted by atomic mass is 16.5. The Bertz CT molecular complexity index is 557. The summed E-state index contributed by atoms with van der Waals surface area (Å²) in [5, 5.41) is 0. The SMILES string of the molecule is CCCCc1cc(C(=O)c2ccccc2OC)c[nH]1. The van der Waals surface area contributed by atoms with Gasteiger partial charge in [0.1, 0.15) is 5.75 Å². The number of nitrogens with one attached hydrogen (secondary N) is 1. The first-order valence-electron chi connectivity index (χ1n) is 6.61. The summed E-state index contributed by atoms with van der Waals surface area (Å²) in [5.41, 5.74) is 2.40. The van der Waals surface area contributed by atoms with E-state index in [0.717, 1.165) is 25.0 Å². The number of hydrogen-bond donors (Lipinski definition) is 1. The van der Waals surface area contributed by atoms with Crippen molar-refractivity contribution in [2.24, 2.45) is 0 Å². The highest BCUT2D eigenvalue weighted by Gasteiger charge is 2.15. The first-order chi connectivity index (χ1) is 9.26. The average Bonchev–Trinajstić information content (AvgIpc) is 2.93. The molecule has 0 radical (unpaired) electrons. The van der Waals surface area contributed by atoms with E-state index in [0.29, 0.717) is 16.9 Å². The molecule has 0 spiro atoms. The predicted octanol–water partition coefficient (Wildman–Crippen LogP) is 3.60. The van der Waals surface area contributed by atoms with Crippen molar-refractivity contribution in [2.45, 2.75) is 26.2 Å². The Balaban J connectivity index is 2.21. The third kappa shape index (κ3) is 3.05. The molecule has 0 unspecified atom stereocenters. The molecule has 0 bridgehead atoms. The number of para-hydroxylation sites is 1. The summed E-state index contributed by atoms with van der Waals surface area (Å²) < 4.78 is 5.23. The number of aromatic amines is 1. The summed E-state index contributed by atoms with van der Waals surface area (Å²) in [4.78, 5) is 15.6. The number of carbonyl (C=O) groups excluding carboxylic acids is 1. The maximum Gasteiger partial charge on any atom is 0.198 e. The summed E-state index contributed by atoms with van der Waals surface area (Å²) in [7, 11) is 1.58. The Labute approximate surface area is 113 Å². The van der Waals surface area contributed by atoms with E-state index in [-0.39, 0.29) is 5.78 Å². The smallest absolute Gasteiger partial charge is 0.198 e. The van der Waals surface area contributed by atoms with Crippen LogP contribution < -0.4 is 4.74 Å². The van der Waals surface area contributed by atoms with Gasteiger partial charge in [-0.05, 0) is 31.0 Å². The molecule has 1 aromatic heterocycles. The standard InChI is InChI=1S/C16H19NO2/c1-3-4-7-13-10-12(11-17-13)16(18)14-8-5-6-9-15(14)19-2/h5-6,8-11,17H,3-4,7H2,1-2H3. The molecular weight excluding hydrogens is 238 g/mol. The summed E-state index contributed by atoms with van der Waals surface area (Å²) in [6, 6.07) is 9.24. The number of aromatic nitrogens is 1. The zero-order valence-electron chi connectivity index (χ0n) is 11.4. The van der Waals surface area contributed by atoms with Crippen molar-refractivity contribution in [3.63, 3.8) is 0 Å². The third-order valence-corrected chi connectivity index (χ3v) is 3.16. The number of benzene rings is 1. The van der Waals surface area contributed by atoms with Crippen LogP contribution in [0.3, 0.4) is 0 Å². The first kappa shape index (κ1) is 13.4. The molecule has 0 atom stereocenters. The molecule has 0 amide bonds. The highest BCUT2D eigenvalue weighted by molar-refractivity contribution is 6.10. The van der Waals surface area contributed by atoms with Crippen LogP contribution in [0.15, 0.2) is 36.5 Å². The van der Waals surface area contributed by atoms with Crippen LogP contribution in [0.5, 0.6) is 5.75 Å². The van der Waals surface area contributed by atoms with Gasteiger partial charge in [0.2, 0.25) is 0 Å². The van der Waals surface area contributed by atoms with E-state index in [2.05, 4.69) is 11.9 Å². The molecule has 0 saturated carbocycles. The minimum absolute atomic E-state index is 0.00329. The lowest BCUT2D eigenvalue weighted by atomic mass is 10.0. The summed E-state index contributed by atoms with van der Waals surface area (Å²) in [6.07, 6.45) is 5.03. The number of unbranched alkanes of at least 4 members (excludes halogenated alkanes) is 1. The van der Waals surface area contributed by atoms with Gasteiger partial charge < -0.3 is 9.72 Å². The highest BCUT2D eigenvalue weighted by Crippen LogP contribution is 2.21. The molecular formula is C16H19NO2. The van der Waals surface area contributed by atoms with Crippen LogP contribution in [0.4, 0.5) is 0 Å². The Hall–Kier alpha value is -2.03. The van der Waals surface area contributed by atoms with Crippen molar-refractivity contribution >= 4 is 5.78 Å². The Morgan fingerprint density at radius 2 is 2.11 bits per heavy atom. The van der Waals surface area contributed by atoms with E-state index in [4.69, 9.17) is 4.74 Å². The molecule has 1 aromatic carbocycles. The largest absolute Gasteiger partial charge is 0.496 e. The Morgan fingerprint density at radius 1 is 1.32 bits per heavy atom. The molecule has 2 aromatic rings. The van der Waals surface area contributed by atoms with Gasteiger partial charge in [-0.2, -0.15) is 0 Å². The number of rotatable bonds is 6. The van der Waals surface area contributed by atoms with E-state index >= 15 is 0 Å². The number of ether oxygens (including phenoxy) is 1. The fraction of sp³-hybridized carbons (Fsp3) is 0.312. The van der Waals surface area contributed by atoms with E-state index in [1.807, 2.05) is 18.2 Å². The van der Waals surface area contributed by atoms with Crippen molar-refractivity contribution < 1.29 is 9.53 Å². The fourth-order valence-electron chi connectivity index (χ4n) is 2.07. The number of aryl methyl sites for hydroxylation is 1. The molecule has 1 N–H and O–H groups in total. The van der Waals surface area contributed by atoms with Crippen LogP contribution >= 0.6 is 0 Å². The van der Waals surface area contributed by atoms with Crippen molar-refractivity contribution in [3.05, 3.63) is 53.3 Å². The van der Waals surface area contributed by atoms with Crippen molar-refractivity contribution in [1.82, 2.24) is 4.98 Å². The zero-order chi connectivity index (χ0) is 13.7. The molecule has 0 aliphatic rings. The van der Waals surface area contributed by atoms with Crippen LogP contribution in [-0.2, 0) is 6.42 Å². The van der Waals surface area contributed by atoms with Gasteiger partial charge in [0.25, 0.3) is 0 Å². The van der Waals surface area contributed by atoms with E-state index in [1.165, 1.54) is 0 Å². The monoisotopic (exact) mass is 257 g/mol. The van der Waals surface area contributed by atoms with E-state index < -0.39 is 0 Å². The van der Waals surface area contributed by atoms with Crippen molar-refractivity contribution in [2.75, 3.05) is 7.11 Å². The van der Waals surface area contributed by atoms with Crippen molar-refractivity contribution in [3.8, 4) is 5.75 Å². The van der Waals surface area contributed by atoms with Gasteiger partial charge in [0.05, 0.1) is 12.7 Å². The Kier molecular flexibility index (Phi) is 4.39. The maximum atomic E-state index is 12.4. The number of carbonyl (C=O) groups is 1. The first-order valence-corrected chi connectivity index (χ1v) is 6.61. The third-order valence-electron chi connectivity index (χ3n) is 3.16. The second-order valence-electron chi connectivity index (χ2n) is 4.55. The van der Waals surface area contributed by atoms with E-state index in [1.54, 1.807) is 25.4 Å². The summed E-state index contributed by atoms with van der Waals surface area (Å²) >= 11 is 0. The minimum Gasteiger partial charge on any atom is -0.496 e. The molecule has 0 aliphatic heterocycles. The van der Waals surface area contributed by atoms with Crippen LogP contribution in [0.1, 0.15) is 41.4 Å². The van der Waals surface area contributed by atoms with Gasteiger partial charge in [-0.1, -0.05) is 25.5 Å². The topological polar surface area (TPSA) is 42.1 Å². The van der Waals surface area contributed by atoms with Crippen molar-refractivity contribution in [1.29, 1.82) is 0 Å². The van der Waals surface area contributed by atoms with Crippen LogP contribution in [-0.4, -0.2) is 17.9 Å². The zero-order valence-corrected chi connectivity index (χ0v) is 11.4. The molecule has 100 valence electrons. The number of ketones is 1. The quantitative estimate of drug-likeness (QED) is 0.803. The lowest BCUT2D eigenvalue weighted by Crippen LogP contribution is -2.02. The van der Waals surface area contributed by atoms with Gasteiger partial charge in [-0.3, -0.25) is 4.79 Å². The Morgan fingerprint density at radius 3 is 2.84 bits per heavy atom. The van der Waals surface area contributed by atoms with Gasteiger partial charge in [-0.15, -0.1) is 0 Å². The molecule has 2 rings (SSSR count). The minimum atomic E-state index is -0.00329. The van der Waals surface area contributed by atoms with Gasteiger partial charge in [0.15, 0.2) is 5.78 Å². The van der Waals surface area contributed by atoms with Crippen LogP contribution in [0.2, 0.25) is 0 Å². The van der Waals surface area contributed by atoms with Gasteiger partial charge in [-0.25, -0.2) is 0 Å². The van der Waals surface area contributed by atoms with Gasteiger partial charge in [0, 0.05) is 17.5 Å². The normalized spacial score (nSPS) is 10.4. The molecule has 3 heteroatoms. The average molecular weight is 257 g/mol. The molecule has 3 nitrogen and oxygen atoms in total. The van der Waals surface area contributed by atoms with Gasteiger partial charge >= 0.3 is 0 Å². The molecule has 19 heavy (non-hydrogen) atoms. The lowest BCUT2D eigenvalue weighted by molar-refractivity contribution is 0.103. The van der Waals surface area contributed by atoms with Crippen LogP contribution in [0.25, 0.3) is 0 Å². The molecule has 0 fully saturated rings. The number of hydrogen-bond acceptors (Lipinski definition) is 2. The lowest BCUT2D eigenvalue weighted by Gasteiger charge is -2.05. The second-order valence-corrected chi connectivity index (χ2v) is 4.55. The van der Waals surface area contributed by atoms with Crippen LogP contribution in [0, 0.1) is 0 Å². The molecule has 0 aliphatic carbocycles. The maximum absolute atomic E-state index is 12.4. The number of H-pyrrole nitrogens is 1. The van der Waals surface area contributed by atoms with E-state index in [9.17, 15) is 4.79 Å². The second kappa shape index (κ2) is 6.23. The number of methoxy groups -OCH3 is 1.